The van der Waals surface area contributed by atoms with E-state index >= 15 is 0 Å². The molecule has 0 radical (unpaired) electrons. The molecule has 9 nitrogen and oxygen atoms in total. The molecule has 9 atom stereocenters. The molecule has 3 aromatic rings. The zero-order valence-corrected chi connectivity index (χ0v) is 30.7. The Morgan fingerprint density at radius 3 is 2.65 bits per heavy atom. The van der Waals surface area contributed by atoms with Crippen LogP contribution in [0, 0.1) is 40.3 Å². The lowest BCUT2D eigenvalue weighted by molar-refractivity contribution is -0.145. The predicted octanol–water partition coefficient (Wildman–Crippen LogP) is 7.69. The number of hydrogen-bond acceptors (Lipinski definition) is 8. The highest BCUT2D eigenvalue weighted by atomic mass is 19.1. The van der Waals surface area contributed by atoms with Gasteiger partial charge in [0.15, 0.2) is 5.78 Å². The molecule has 10 heteroatoms. The summed E-state index contributed by atoms with van der Waals surface area (Å²) in [7, 11) is 1.86. The molecule has 2 N–H and O–H groups in total. The second kappa shape index (κ2) is 12.9. The number of hydrogen-bond donors (Lipinski definition) is 2. The van der Waals surface area contributed by atoms with Crippen LogP contribution in [0.3, 0.4) is 0 Å². The molecule has 4 fully saturated rings. The van der Waals surface area contributed by atoms with E-state index in [1.54, 1.807) is 4.68 Å². The van der Waals surface area contributed by atoms with Gasteiger partial charge in [-0.25, -0.2) is 9.37 Å². The highest BCUT2D eigenvalue weighted by Crippen LogP contribution is 2.66. The number of ether oxygens (including phenoxy) is 1. The number of halogens is 1. The molecule has 0 spiro atoms. The number of ketones is 2. The summed E-state index contributed by atoms with van der Waals surface area (Å²) in [6, 6.07) is 10.8. The first-order chi connectivity index (χ1) is 25.1. The number of rotatable bonds is 8. The minimum Gasteiger partial charge on any atom is -0.385 e. The van der Waals surface area contributed by atoms with Crippen molar-refractivity contribution < 1.29 is 18.7 Å². The highest BCUT2D eigenvalue weighted by molar-refractivity contribution is 6.21. The second-order valence-corrected chi connectivity index (χ2v) is 17.1. The Hall–Kier alpha value is -3.92. The third-order valence-corrected chi connectivity index (χ3v) is 14.7. The van der Waals surface area contributed by atoms with E-state index in [2.05, 4.69) is 58.8 Å². The second-order valence-electron chi connectivity index (χ2n) is 17.1. The minimum absolute atomic E-state index is 0.00958. The molecule has 6 aliphatic rings. The number of benzene rings is 2. The van der Waals surface area contributed by atoms with Crippen LogP contribution in [-0.4, -0.2) is 57.8 Å². The van der Waals surface area contributed by atoms with Crippen LogP contribution >= 0.6 is 0 Å². The average molecular weight is 707 g/mol. The Morgan fingerprint density at radius 2 is 1.85 bits per heavy atom. The van der Waals surface area contributed by atoms with Gasteiger partial charge in [-0.05, 0) is 116 Å². The van der Waals surface area contributed by atoms with E-state index in [1.807, 2.05) is 7.05 Å². The first-order valence-corrected chi connectivity index (χ1v) is 19.6. The number of aliphatic imine (C=N–C) groups is 1. The minimum atomic E-state index is -0.444. The van der Waals surface area contributed by atoms with Crippen LogP contribution in [0.2, 0.25) is 0 Å². The number of aryl methyl sites for hydroxylation is 1. The quantitative estimate of drug-likeness (QED) is 0.231. The number of nitrogens with zero attached hydrogens (tertiary/aromatic N) is 4. The van der Waals surface area contributed by atoms with E-state index in [1.165, 1.54) is 57.0 Å². The van der Waals surface area contributed by atoms with Gasteiger partial charge < -0.3 is 15.4 Å². The normalized spacial score (nSPS) is 34.8. The van der Waals surface area contributed by atoms with E-state index in [0.717, 1.165) is 79.4 Å². The number of fused-ring (bicyclic) bond motifs is 5. The van der Waals surface area contributed by atoms with Crippen LogP contribution in [0.25, 0.3) is 0 Å². The third kappa shape index (κ3) is 5.45. The van der Waals surface area contributed by atoms with Crippen molar-refractivity contribution in [1.29, 1.82) is 0 Å². The average Bonchev–Trinajstić information content (AvgIpc) is 3.71. The summed E-state index contributed by atoms with van der Waals surface area (Å²) in [6.45, 7) is 6.61. The van der Waals surface area contributed by atoms with Gasteiger partial charge in [0.05, 0.1) is 23.8 Å². The maximum Gasteiger partial charge on any atom is 0.185 e. The maximum absolute atomic E-state index is 14.7. The fraction of sp³-hybridized carbons (Fsp3) is 0.595. The molecule has 0 amide bonds. The smallest absolute Gasteiger partial charge is 0.185 e. The zero-order chi connectivity index (χ0) is 35.8. The summed E-state index contributed by atoms with van der Waals surface area (Å²) >= 11 is 0. The Bertz CT molecular complexity index is 1920. The lowest BCUT2D eigenvalue weighted by Crippen LogP contribution is -2.54. The molecule has 274 valence electrons. The first-order valence-electron chi connectivity index (χ1n) is 19.6. The lowest BCUT2D eigenvalue weighted by Gasteiger charge is -2.60. The van der Waals surface area contributed by atoms with E-state index < -0.39 is 5.82 Å². The highest BCUT2D eigenvalue weighted by Gasteiger charge is 2.60. The standard InChI is InChI=1S/C42H51FN6O3/c1-41-15-13-28(50)19-25(41)7-10-29-31-11-12-35(42(31,2)16-14-32(29)41)52-18-4-17-44-27-8-5-24(6-9-27)38-37(40-46-23-47-49(40)3)39-36-30(34(51)22-45-39)20-26(43)21-33(36)48-38/h5-6,8-9,20-21,23,25,29,31-32,35,37-38,44,48H,4,7,10-19,22H2,1-3H3/t25-,29-,31-,32-,35?,37+,38+,41-,42-/m0/s1. The van der Waals surface area contributed by atoms with Crippen molar-refractivity contribution in [2.24, 2.45) is 46.5 Å². The van der Waals surface area contributed by atoms with Crippen LogP contribution in [0.5, 0.6) is 0 Å². The van der Waals surface area contributed by atoms with Crippen molar-refractivity contribution in [3.63, 3.8) is 0 Å². The van der Waals surface area contributed by atoms with Gasteiger partial charge in [-0.3, -0.25) is 19.3 Å². The third-order valence-electron chi connectivity index (χ3n) is 14.7. The van der Waals surface area contributed by atoms with Gasteiger partial charge in [0.2, 0.25) is 0 Å². The molecule has 3 heterocycles. The van der Waals surface area contributed by atoms with Crippen molar-refractivity contribution in [1.82, 2.24) is 14.8 Å². The summed E-state index contributed by atoms with van der Waals surface area (Å²) in [5.41, 5.74) is 5.01. The van der Waals surface area contributed by atoms with Gasteiger partial charge in [0.1, 0.15) is 30.3 Å². The zero-order valence-electron chi connectivity index (χ0n) is 30.7. The van der Waals surface area contributed by atoms with Gasteiger partial charge in [0.25, 0.3) is 0 Å². The molecule has 1 aromatic heterocycles. The summed E-state index contributed by atoms with van der Waals surface area (Å²) in [4.78, 5) is 34.3. The van der Waals surface area contributed by atoms with Crippen molar-refractivity contribution in [2.45, 2.75) is 96.1 Å². The van der Waals surface area contributed by atoms with E-state index in [-0.39, 0.29) is 29.7 Å². The molecule has 52 heavy (non-hydrogen) atoms. The van der Waals surface area contributed by atoms with Gasteiger partial charge in [-0.1, -0.05) is 26.0 Å². The van der Waals surface area contributed by atoms with Crippen molar-refractivity contribution in [3.05, 3.63) is 71.1 Å². The van der Waals surface area contributed by atoms with E-state index in [9.17, 15) is 14.0 Å². The fourth-order valence-corrected chi connectivity index (χ4v) is 11.9. The first kappa shape index (κ1) is 33.9. The number of nitrogens with one attached hydrogen (secondary N) is 2. The number of carbonyl (C=O) groups is 2. The Balaban J connectivity index is 0.825. The molecule has 4 saturated carbocycles. The summed E-state index contributed by atoms with van der Waals surface area (Å²) in [6.07, 6.45) is 13.1. The molecule has 1 unspecified atom stereocenters. The molecular weight excluding hydrogens is 655 g/mol. The van der Waals surface area contributed by atoms with Gasteiger partial charge in [-0.2, -0.15) is 5.10 Å². The topological polar surface area (TPSA) is 110 Å². The SMILES string of the molecule is Cn1ncnc1[C@H]1C2=NCC(=O)c3cc(F)cc(c32)N[C@@H]1c1ccc(NCCCOC2CC[C@H]3[C@@H]4CC[C@H]5CC(=O)CC[C@]5(C)[C@H]4CC[C@]23C)cc1. The van der Waals surface area contributed by atoms with Gasteiger partial charge >= 0.3 is 0 Å². The lowest BCUT2D eigenvalue weighted by atomic mass is 9.45. The monoisotopic (exact) mass is 706 g/mol. The summed E-state index contributed by atoms with van der Waals surface area (Å²) in [5.74, 6) is 3.21. The number of Topliss-reactive ketones (excluding diaryl/α,β-unsaturated/α-hetero) is 2. The number of carbonyl (C=O) groups excluding carboxylic acids is 2. The molecule has 4 aliphatic carbocycles. The van der Waals surface area contributed by atoms with E-state index in [0.29, 0.717) is 40.0 Å². The summed E-state index contributed by atoms with van der Waals surface area (Å²) in [5, 5.41) is 11.4. The molecule has 2 aromatic carbocycles. The van der Waals surface area contributed by atoms with Crippen LogP contribution in [0.4, 0.5) is 15.8 Å². The molecule has 2 aliphatic heterocycles. The van der Waals surface area contributed by atoms with Crippen molar-refractivity contribution in [2.75, 3.05) is 30.3 Å². The van der Waals surface area contributed by atoms with Crippen LogP contribution in [0.1, 0.15) is 117 Å². The maximum atomic E-state index is 14.7. The fourth-order valence-electron chi connectivity index (χ4n) is 11.9. The van der Waals surface area contributed by atoms with E-state index in [4.69, 9.17) is 9.73 Å². The Morgan fingerprint density at radius 1 is 1.02 bits per heavy atom. The molecule has 9 rings (SSSR count). The number of anilines is 2. The van der Waals surface area contributed by atoms with Crippen molar-refractivity contribution >= 4 is 28.7 Å². The number of aromatic nitrogens is 3. The Kier molecular flexibility index (Phi) is 8.40. The molecular formula is C42H51FN6O3. The Labute approximate surface area is 305 Å². The largest absolute Gasteiger partial charge is 0.385 e. The van der Waals surface area contributed by atoms with Crippen LogP contribution < -0.4 is 10.6 Å². The van der Waals surface area contributed by atoms with Gasteiger partial charge in [-0.15, -0.1) is 0 Å². The molecule has 0 saturated heterocycles. The summed E-state index contributed by atoms with van der Waals surface area (Å²) < 4.78 is 23.1. The molecule has 0 bridgehead atoms. The van der Waals surface area contributed by atoms with Crippen LogP contribution in [-0.2, 0) is 16.6 Å². The van der Waals surface area contributed by atoms with Gasteiger partial charge in [0, 0.05) is 55.5 Å². The van der Waals surface area contributed by atoms with Crippen molar-refractivity contribution in [3.8, 4) is 0 Å². The van der Waals surface area contributed by atoms with Crippen LogP contribution in [0.15, 0.2) is 47.7 Å². The predicted molar refractivity (Wildman–Crippen MR) is 198 cm³/mol.